The van der Waals surface area contributed by atoms with Crippen LogP contribution in [0, 0.1) is 0 Å². The van der Waals surface area contributed by atoms with E-state index >= 15 is 0 Å². The van der Waals surface area contributed by atoms with Crippen LogP contribution in [-0.4, -0.2) is 23.2 Å². The van der Waals surface area contributed by atoms with Crippen LogP contribution in [0.2, 0.25) is 5.02 Å². The molecule has 4 nitrogen and oxygen atoms in total. The van der Waals surface area contributed by atoms with E-state index in [0.717, 1.165) is 30.1 Å². The molecular weight excluding hydrogens is 342 g/mol. The average Bonchev–Trinajstić information content (AvgIpc) is 3.10. The lowest BCUT2D eigenvalue weighted by molar-refractivity contribution is 0.102. The summed E-state index contributed by atoms with van der Waals surface area (Å²) in [6.07, 6.45) is 1.15. The van der Waals surface area contributed by atoms with Gasteiger partial charge in [-0.25, -0.2) is 4.98 Å². The second-order valence-electron chi connectivity index (χ2n) is 6.01. The highest BCUT2D eigenvalue weighted by Gasteiger charge is 2.18. The molecule has 0 spiro atoms. The molecule has 1 aromatic heterocycles. The Bertz CT molecular complexity index is 745. The van der Waals surface area contributed by atoms with Gasteiger partial charge in [0, 0.05) is 23.7 Å². The first-order chi connectivity index (χ1) is 11.5. The van der Waals surface area contributed by atoms with Gasteiger partial charge in [-0.15, -0.1) is 0 Å². The van der Waals surface area contributed by atoms with E-state index in [1.54, 1.807) is 24.1 Å². The van der Waals surface area contributed by atoms with Crippen molar-refractivity contribution in [1.29, 1.82) is 0 Å². The first-order valence-electron chi connectivity index (χ1n) is 8.03. The summed E-state index contributed by atoms with van der Waals surface area (Å²) in [5.41, 5.74) is 2.43. The Morgan fingerprint density at radius 1 is 1.33 bits per heavy atom. The van der Waals surface area contributed by atoms with Crippen LogP contribution < -0.4 is 9.62 Å². The molecule has 1 aliphatic rings. The number of nitrogens with zero attached hydrogens (tertiary/aromatic N) is 2. The maximum absolute atomic E-state index is 12.6. The molecule has 1 saturated heterocycles. The van der Waals surface area contributed by atoms with E-state index in [2.05, 4.69) is 28.5 Å². The second kappa shape index (κ2) is 7.45. The van der Waals surface area contributed by atoms with Crippen LogP contribution in [0.4, 0.5) is 11.5 Å². The molecule has 1 aromatic carbocycles. The minimum atomic E-state index is -0.237. The third-order valence-electron chi connectivity index (χ3n) is 3.84. The van der Waals surface area contributed by atoms with Gasteiger partial charge in [0.1, 0.15) is 5.82 Å². The second-order valence-corrected chi connectivity index (χ2v) is 7.52. The lowest BCUT2D eigenvalue weighted by Crippen LogP contribution is -2.16. The molecule has 2 aromatic rings. The highest BCUT2D eigenvalue weighted by molar-refractivity contribution is 8.00. The number of anilines is 2. The van der Waals surface area contributed by atoms with Crippen LogP contribution in [0.15, 0.2) is 36.4 Å². The van der Waals surface area contributed by atoms with Crippen LogP contribution >= 0.6 is 23.5 Å². The number of nitrogens with one attached hydrogen (secondary N) is 1. The number of carbonyl (C=O) groups excluding carboxylic acids is 1. The van der Waals surface area contributed by atoms with Crippen molar-refractivity contribution in [2.24, 2.45) is 0 Å². The summed E-state index contributed by atoms with van der Waals surface area (Å²) in [5.74, 6) is 1.72. The van der Waals surface area contributed by atoms with Crippen LogP contribution in [0.25, 0.3) is 0 Å². The van der Waals surface area contributed by atoms with Crippen molar-refractivity contribution >= 4 is 41.0 Å². The maximum Gasteiger partial charge on any atom is 0.258 e. The van der Waals surface area contributed by atoms with E-state index in [4.69, 9.17) is 11.6 Å². The summed E-state index contributed by atoms with van der Waals surface area (Å²) >= 11 is 8.02. The molecule has 126 valence electrons. The van der Waals surface area contributed by atoms with Gasteiger partial charge in [0.15, 0.2) is 0 Å². The fraction of sp³-hybridized carbons (Fsp3) is 0.333. The number of rotatable bonds is 4. The normalized spacial score (nSPS) is 14.2. The van der Waals surface area contributed by atoms with Crippen molar-refractivity contribution in [2.75, 3.05) is 21.9 Å². The minimum Gasteiger partial charge on any atom is -0.316 e. The number of amides is 1. The van der Waals surface area contributed by atoms with Crippen molar-refractivity contribution in [3.05, 3.63) is 52.7 Å². The fourth-order valence-corrected chi connectivity index (χ4v) is 3.72. The Hall–Kier alpha value is -1.72. The molecule has 24 heavy (non-hydrogen) atoms. The molecule has 6 heteroatoms. The summed E-state index contributed by atoms with van der Waals surface area (Å²) in [5, 5.41) is 3.30. The number of hydrogen-bond donors (Lipinski definition) is 1. The van der Waals surface area contributed by atoms with Crippen molar-refractivity contribution in [1.82, 2.24) is 4.98 Å². The molecule has 1 aliphatic heterocycles. The largest absolute Gasteiger partial charge is 0.316 e. The lowest BCUT2D eigenvalue weighted by atomic mass is 10.1. The minimum absolute atomic E-state index is 0.237. The van der Waals surface area contributed by atoms with E-state index < -0.39 is 0 Å². The Kier molecular flexibility index (Phi) is 5.31. The zero-order valence-electron chi connectivity index (χ0n) is 13.8. The molecule has 0 saturated carbocycles. The topological polar surface area (TPSA) is 45.2 Å². The third-order valence-corrected chi connectivity index (χ3v) is 5.34. The number of pyridine rings is 1. The van der Waals surface area contributed by atoms with E-state index in [0.29, 0.717) is 22.3 Å². The zero-order chi connectivity index (χ0) is 17.1. The van der Waals surface area contributed by atoms with Gasteiger partial charge >= 0.3 is 0 Å². The monoisotopic (exact) mass is 361 g/mol. The highest BCUT2D eigenvalue weighted by Crippen LogP contribution is 2.31. The number of hydrogen-bond acceptors (Lipinski definition) is 4. The van der Waals surface area contributed by atoms with Gasteiger partial charge in [0.05, 0.1) is 10.6 Å². The summed E-state index contributed by atoms with van der Waals surface area (Å²) in [6.45, 7) is 5.13. The molecule has 0 atom stereocenters. The van der Waals surface area contributed by atoms with E-state index in [-0.39, 0.29) is 5.91 Å². The van der Waals surface area contributed by atoms with Crippen molar-refractivity contribution in [3.63, 3.8) is 0 Å². The maximum atomic E-state index is 12.6. The molecule has 0 bridgehead atoms. The average molecular weight is 362 g/mol. The molecule has 3 rings (SSSR count). The van der Waals surface area contributed by atoms with Gasteiger partial charge in [-0.1, -0.05) is 31.5 Å². The summed E-state index contributed by atoms with van der Waals surface area (Å²) < 4.78 is 2.20. The standard InChI is InChI=1S/C18H20ClN3OS/c1-12(2)16-5-3-6-17(20-16)21-18(23)14-11-13(7-8-15(14)19)22-9-4-10-24-22/h3,5-8,11-12H,4,9-10H2,1-2H3,(H,20,21,23). The van der Waals surface area contributed by atoms with Gasteiger partial charge in [-0.2, -0.15) is 0 Å². The van der Waals surface area contributed by atoms with Gasteiger partial charge < -0.3 is 9.62 Å². The molecule has 1 amide bonds. The van der Waals surface area contributed by atoms with Crippen LogP contribution in [-0.2, 0) is 0 Å². The number of aromatic nitrogens is 1. The Balaban J connectivity index is 1.81. The number of carbonyl (C=O) groups is 1. The van der Waals surface area contributed by atoms with E-state index in [1.165, 1.54) is 0 Å². The molecule has 0 aliphatic carbocycles. The van der Waals surface area contributed by atoms with Crippen molar-refractivity contribution in [3.8, 4) is 0 Å². The van der Waals surface area contributed by atoms with Crippen LogP contribution in [0.3, 0.4) is 0 Å². The van der Waals surface area contributed by atoms with Gasteiger partial charge in [-0.05, 0) is 54.6 Å². The van der Waals surface area contributed by atoms with E-state index in [9.17, 15) is 4.79 Å². The first-order valence-corrected chi connectivity index (χ1v) is 9.35. The summed E-state index contributed by atoms with van der Waals surface area (Å²) in [7, 11) is 0. The number of halogens is 1. The smallest absolute Gasteiger partial charge is 0.258 e. The molecule has 1 N–H and O–H groups in total. The predicted molar refractivity (Wildman–Crippen MR) is 102 cm³/mol. The Morgan fingerprint density at radius 3 is 2.88 bits per heavy atom. The molecule has 1 fully saturated rings. The summed E-state index contributed by atoms with van der Waals surface area (Å²) in [4.78, 5) is 17.1. The molecular formula is C18H20ClN3OS. The molecule has 0 radical (unpaired) electrons. The lowest BCUT2D eigenvalue weighted by Gasteiger charge is -2.17. The highest BCUT2D eigenvalue weighted by atomic mass is 35.5. The van der Waals surface area contributed by atoms with E-state index in [1.807, 2.05) is 24.3 Å². The predicted octanol–water partition coefficient (Wildman–Crippen LogP) is 4.97. The quantitative estimate of drug-likeness (QED) is 0.781. The summed E-state index contributed by atoms with van der Waals surface area (Å²) in [6, 6.07) is 11.2. The Morgan fingerprint density at radius 2 is 2.17 bits per heavy atom. The SMILES string of the molecule is CC(C)c1cccc(NC(=O)c2cc(N3CCCS3)ccc2Cl)n1. The first kappa shape index (κ1) is 17.1. The van der Waals surface area contributed by atoms with Crippen molar-refractivity contribution in [2.45, 2.75) is 26.2 Å². The fourth-order valence-electron chi connectivity index (χ4n) is 2.52. The zero-order valence-corrected chi connectivity index (χ0v) is 15.3. The third kappa shape index (κ3) is 3.84. The van der Waals surface area contributed by atoms with Crippen LogP contribution in [0.1, 0.15) is 42.2 Å². The van der Waals surface area contributed by atoms with Crippen molar-refractivity contribution < 1.29 is 4.79 Å². The Labute approximate surface area is 151 Å². The molecule has 0 unspecified atom stereocenters. The van der Waals surface area contributed by atoms with Crippen LogP contribution in [0.5, 0.6) is 0 Å². The number of benzene rings is 1. The molecule has 2 heterocycles. The van der Waals surface area contributed by atoms with Gasteiger partial charge in [0.25, 0.3) is 5.91 Å². The van der Waals surface area contributed by atoms with Gasteiger partial charge in [0.2, 0.25) is 0 Å². The van der Waals surface area contributed by atoms with Gasteiger partial charge in [-0.3, -0.25) is 4.79 Å².